The molecule has 0 aromatic heterocycles. The normalized spacial score (nSPS) is 17.2. The number of rotatable bonds is 26. The second-order valence-electron chi connectivity index (χ2n) is 20.3. The molecule has 2 saturated carbocycles. The number of hydrogen-bond donors (Lipinski definition) is 0. The van der Waals surface area contributed by atoms with Crippen LogP contribution in [0.1, 0.15) is 77.6 Å². The third kappa shape index (κ3) is 15.7. The van der Waals surface area contributed by atoms with Gasteiger partial charge in [-0.25, -0.2) is 19.2 Å². The first-order valence-corrected chi connectivity index (χ1v) is 29.8. The lowest BCUT2D eigenvalue weighted by atomic mass is 9.82. The van der Waals surface area contributed by atoms with Gasteiger partial charge in [-0.2, -0.15) is 0 Å². The van der Waals surface area contributed by atoms with Crippen LogP contribution in [0.3, 0.4) is 0 Å². The molecule has 0 N–H and O–H groups in total. The Morgan fingerprint density at radius 3 is 1.24 bits per heavy atom. The second kappa shape index (κ2) is 30.3. The Balaban J connectivity index is 0.852. The first kappa shape index (κ1) is 64.5. The summed E-state index contributed by atoms with van der Waals surface area (Å²) in [5.41, 5.74) is 1.29. The highest BCUT2D eigenvalue weighted by Gasteiger charge is 2.41. The van der Waals surface area contributed by atoms with Gasteiger partial charge in [-0.05, 0) is 86.6 Å². The molecule has 22 nitrogen and oxygen atoms in total. The SMILES string of the molecule is C=CC(=O)OCOc1ccc(OC(=O)C2CCC(C(=O)OCCc3c4c(c(OC(=O)C5CCC(C(=O)Oc6ccc(OCOC(=O)C=C)c(OCOC(=O)C=C)c6)CC5)c5ccccc35)SC(=C3C(=O)c5ccccc5C3=O)S4)CC2)cc1OCOC(=O)C=C. The summed E-state index contributed by atoms with van der Waals surface area (Å²) in [6.45, 7) is 11.2. The lowest BCUT2D eigenvalue weighted by Crippen LogP contribution is -2.30. The number of hydrogen-bond acceptors (Lipinski definition) is 24. The zero-order valence-electron chi connectivity index (χ0n) is 48.2. The summed E-state index contributed by atoms with van der Waals surface area (Å²) in [5, 5.41) is 1.24. The average molecular weight is 1270 g/mol. The third-order valence-electron chi connectivity index (χ3n) is 14.8. The van der Waals surface area contributed by atoms with Crippen LogP contribution in [0.15, 0.2) is 155 Å². The van der Waals surface area contributed by atoms with Gasteiger partial charge in [0.1, 0.15) is 11.5 Å². The molecule has 4 aliphatic rings. The third-order valence-corrected chi connectivity index (χ3v) is 17.5. The molecule has 2 fully saturated rings. The largest absolute Gasteiger partial charge is 0.465 e. The summed E-state index contributed by atoms with van der Waals surface area (Å²) in [5.74, 6) is -7.74. The molecule has 466 valence electrons. The number of esters is 8. The van der Waals surface area contributed by atoms with Crippen molar-refractivity contribution in [1.29, 1.82) is 0 Å². The van der Waals surface area contributed by atoms with Crippen molar-refractivity contribution in [2.24, 2.45) is 23.7 Å². The Hall–Kier alpha value is -9.94. The number of carbonyl (C=O) groups excluding carboxylic acids is 10. The van der Waals surface area contributed by atoms with Crippen LogP contribution in [0.4, 0.5) is 0 Å². The number of thioether (sulfide) groups is 2. The first-order valence-electron chi connectivity index (χ1n) is 28.2. The van der Waals surface area contributed by atoms with Crippen molar-refractivity contribution in [1.82, 2.24) is 0 Å². The Bertz CT molecular complexity index is 3720. The standard InChI is InChI=1S/C66H58O22S2/c1-5-52(67)82-33-78-48-27-25-41(31-50(48)80-35-84-54(69)7-3)86-63(74)38-19-17-37(18-20-38)62(73)77-30-29-47-43-13-9-12-16-46(43)59(61-60(47)89-66(90-61)56-57(71)44-14-10-11-15-45(44)58(56)72)88-65(76)40-23-21-39(22-24-40)64(75)87-42-26-28-49(79-34-83-53(68)6-2)51(32-42)81-36-85-55(70)8-4/h5-16,25-28,31-32,37-40H,1-4,17-24,29-30,33-36H2. The number of Topliss-reactive ketones (excluding diaryl/α,β-unsaturated/α-hetero) is 2. The van der Waals surface area contributed by atoms with Crippen LogP contribution in [-0.4, -0.2) is 93.1 Å². The van der Waals surface area contributed by atoms with Crippen LogP contribution in [0.25, 0.3) is 10.8 Å². The van der Waals surface area contributed by atoms with Gasteiger partial charge in [0.05, 0.1) is 45.0 Å². The monoisotopic (exact) mass is 1270 g/mol. The van der Waals surface area contributed by atoms with Crippen LogP contribution in [0.2, 0.25) is 0 Å². The van der Waals surface area contributed by atoms with Gasteiger partial charge in [-0.1, -0.05) is 98.4 Å². The van der Waals surface area contributed by atoms with Crippen LogP contribution in [-0.2, 0) is 68.5 Å². The minimum absolute atomic E-state index is 0.00452. The molecule has 9 rings (SSSR count). The molecule has 0 unspecified atom stereocenters. The average Bonchev–Trinajstić information content (AvgIpc) is 2.09. The van der Waals surface area contributed by atoms with Gasteiger partial charge in [0, 0.05) is 64.3 Å². The highest BCUT2D eigenvalue weighted by atomic mass is 32.2. The number of allylic oxidation sites excluding steroid dienone is 1. The number of fused-ring (bicyclic) bond motifs is 3. The lowest BCUT2D eigenvalue weighted by molar-refractivity contribution is -0.152. The van der Waals surface area contributed by atoms with Crippen LogP contribution in [0, 0.1) is 23.7 Å². The smallest absolute Gasteiger partial charge is 0.333 e. The molecule has 0 bridgehead atoms. The first-order chi connectivity index (χ1) is 43.6. The summed E-state index contributed by atoms with van der Waals surface area (Å²) in [7, 11) is 0. The molecule has 1 heterocycles. The van der Waals surface area contributed by atoms with Crippen molar-refractivity contribution >= 4 is 93.6 Å². The van der Waals surface area contributed by atoms with E-state index in [4.69, 9.17) is 56.8 Å². The van der Waals surface area contributed by atoms with Crippen molar-refractivity contribution in [3.63, 3.8) is 0 Å². The predicted octanol–water partition coefficient (Wildman–Crippen LogP) is 10.4. The van der Waals surface area contributed by atoms with Gasteiger partial charge in [0.2, 0.25) is 27.2 Å². The van der Waals surface area contributed by atoms with Gasteiger partial charge < -0.3 is 56.8 Å². The van der Waals surface area contributed by atoms with Crippen LogP contribution in [0.5, 0.6) is 40.2 Å². The number of ether oxygens (including phenoxy) is 12. The molecular weight excluding hydrogens is 1210 g/mol. The maximum absolute atomic E-state index is 14.4. The van der Waals surface area contributed by atoms with E-state index in [-0.39, 0.29) is 95.7 Å². The molecule has 0 amide bonds. The van der Waals surface area contributed by atoms with Crippen LogP contribution < -0.4 is 33.2 Å². The van der Waals surface area contributed by atoms with Crippen molar-refractivity contribution in [3.8, 4) is 40.2 Å². The molecule has 0 radical (unpaired) electrons. The van der Waals surface area contributed by atoms with E-state index in [2.05, 4.69) is 26.3 Å². The molecule has 5 aromatic carbocycles. The van der Waals surface area contributed by atoms with Crippen molar-refractivity contribution in [3.05, 3.63) is 162 Å². The summed E-state index contributed by atoms with van der Waals surface area (Å²) >= 11 is 2.36. The summed E-state index contributed by atoms with van der Waals surface area (Å²) in [6.07, 6.45) is 6.38. The number of benzene rings is 5. The minimum atomic E-state index is -0.755. The van der Waals surface area contributed by atoms with Crippen molar-refractivity contribution < 1.29 is 105 Å². The van der Waals surface area contributed by atoms with Gasteiger partial charge in [0.15, 0.2) is 40.3 Å². The Morgan fingerprint density at radius 2 is 0.811 bits per heavy atom. The predicted molar refractivity (Wildman–Crippen MR) is 320 cm³/mol. The Kier molecular flexibility index (Phi) is 21.7. The Morgan fingerprint density at radius 1 is 0.433 bits per heavy atom. The van der Waals surface area contributed by atoms with E-state index in [1.807, 2.05) is 12.1 Å². The molecule has 3 aliphatic carbocycles. The maximum atomic E-state index is 14.4. The quantitative estimate of drug-likeness (QED) is 0.0124. The van der Waals surface area contributed by atoms with Crippen molar-refractivity contribution in [2.75, 3.05) is 33.8 Å². The maximum Gasteiger partial charge on any atom is 0.333 e. The zero-order chi connectivity index (χ0) is 63.8. The van der Waals surface area contributed by atoms with Gasteiger partial charge in [-0.3, -0.25) is 28.8 Å². The van der Waals surface area contributed by atoms with Crippen molar-refractivity contribution in [2.45, 2.75) is 67.6 Å². The Labute approximate surface area is 523 Å². The van der Waals surface area contributed by atoms with Gasteiger partial charge in [-0.15, -0.1) is 0 Å². The summed E-state index contributed by atoms with van der Waals surface area (Å²) in [6, 6.07) is 22.2. The molecule has 1 aliphatic heterocycles. The summed E-state index contributed by atoms with van der Waals surface area (Å²) < 4.78 is 65.9. The fourth-order valence-electron chi connectivity index (χ4n) is 10.2. The van der Waals surface area contributed by atoms with E-state index in [1.54, 1.807) is 36.4 Å². The molecule has 24 heteroatoms. The number of ketones is 2. The van der Waals surface area contributed by atoms with E-state index in [1.165, 1.54) is 48.2 Å². The van der Waals surface area contributed by atoms with Crippen LogP contribution >= 0.6 is 23.5 Å². The molecule has 0 spiro atoms. The fraction of sp³-hybridized carbons (Fsp3) is 0.273. The minimum Gasteiger partial charge on any atom is -0.465 e. The van der Waals surface area contributed by atoms with E-state index >= 15 is 0 Å². The highest BCUT2D eigenvalue weighted by Crippen LogP contribution is 2.60. The van der Waals surface area contributed by atoms with E-state index in [9.17, 15) is 47.9 Å². The molecule has 5 aromatic rings. The fourth-order valence-corrected chi connectivity index (χ4v) is 13.1. The number of carbonyl (C=O) groups is 10. The van der Waals surface area contributed by atoms with E-state index in [0.717, 1.165) is 41.6 Å². The second-order valence-corrected chi connectivity index (χ2v) is 22.6. The highest BCUT2D eigenvalue weighted by molar-refractivity contribution is 8.25. The van der Waals surface area contributed by atoms with E-state index < -0.39 is 110 Å². The topological polar surface area (TPSA) is 281 Å². The summed E-state index contributed by atoms with van der Waals surface area (Å²) in [4.78, 5) is 131. The molecule has 0 saturated heterocycles. The van der Waals surface area contributed by atoms with Gasteiger partial charge >= 0.3 is 47.8 Å². The molecule has 0 atom stereocenters. The molecular formula is C66H58O22S2. The van der Waals surface area contributed by atoms with Gasteiger partial charge in [0.25, 0.3) is 0 Å². The molecule has 90 heavy (non-hydrogen) atoms. The van der Waals surface area contributed by atoms with E-state index in [0.29, 0.717) is 50.5 Å². The zero-order valence-corrected chi connectivity index (χ0v) is 49.9. The lowest BCUT2D eigenvalue weighted by Gasteiger charge is -2.26.